The van der Waals surface area contributed by atoms with Crippen LogP contribution in [0.3, 0.4) is 0 Å². The maximum Gasteiger partial charge on any atom is 0.225 e. The molecule has 0 saturated carbocycles. The quantitative estimate of drug-likeness (QED) is 0.886. The molecule has 132 valence electrons. The zero-order valence-electron chi connectivity index (χ0n) is 14.4. The molecule has 24 heavy (non-hydrogen) atoms. The van der Waals surface area contributed by atoms with Crippen molar-refractivity contribution in [2.45, 2.75) is 19.4 Å². The van der Waals surface area contributed by atoms with Gasteiger partial charge in [-0.2, -0.15) is 0 Å². The molecule has 2 aliphatic heterocycles. The van der Waals surface area contributed by atoms with E-state index in [-0.39, 0.29) is 12.0 Å². The molecule has 6 heteroatoms. The van der Waals surface area contributed by atoms with Crippen LogP contribution in [0.25, 0.3) is 0 Å². The summed E-state index contributed by atoms with van der Waals surface area (Å²) in [7, 11) is 0. The highest BCUT2D eigenvalue weighted by Gasteiger charge is 2.17. The molecule has 1 unspecified atom stereocenters. The summed E-state index contributed by atoms with van der Waals surface area (Å²) in [5.41, 5.74) is 2.03. The van der Waals surface area contributed by atoms with Gasteiger partial charge >= 0.3 is 0 Å². The lowest BCUT2D eigenvalue weighted by Crippen LogP contribution is -2.42. The standard InChI is InChI=1S/C18H27N3O3/c1-15-14-20(8-13-24-15)7-6-18(22)19-16-2-4-17(5-3-16)21-9-11-23-12-10-21/h2-5,15H,6-14H2,1H3,(H,19,22). The molecule has 6 nitrogen and oxygen atoms in total. The third kappa shape index (κ3) is 4.93. The van der Waals surface area contributed by atoms with E-state index in [0.29, 0.717) is 6.42 Å². The molecule has 1 N–H and O–H groups in total. The maximum absolute atomic E-state index is 12.1. The van der Waals surface area contributed by atoms with Gasteiger partial charge in [0.15, 0.2) is 0 Å². The van der Waals surface area contributed by atoms with Gasteiger partial charge in [-0.1, -0.05) is 0 Å². The molecule has 1 aromatic carbocycles. The van der Waals surface area contributed by atoms with Crippen molar-refractivity contribution in [2.75, 3.05) is 62.8 Å². The minimum Gasteiger partial charge on any atom is -0.378 e. The van der Waals surface area contributed by atoms with E-state index in [4.69, 9.17) is 9.47 Å². The Morgan fingerprint density at radius 3 is 2.62 bits per heavy atom. The second-order valence-corrected chi connectivity index (χ2v) is 6.43. The van der Waals surface area contributed by atoms with Gasteiger partial charge in [-0.25, -0.2) is 0 Å². The van der Waals surface area contributed by atoms with Crippen LogP contribution in [-0.2, 0) is 14.3 Å². The van der Waals surface area contributed by atoms with Crippen LogP contribution in [0.4, 0.5) is 11.4 Å². The number of carbonyl (C=O) groups is 1. The van der Waals surface area contributed by atoms with E-state index < -0.39 is 0 Å². The van der Waals surface area contributed by atoms with Gasteiger partial charge in [0.25, 0.3) is 0 Å². The van der Waals surface area contributed by atoms with Crippen molar-refractivity contribution in [1.82, 2.24) is 4.90 Å². The predicted octanol–water partition coefficient (Wildman–Crippen LogP) is 1.57. The van der Waals surface area contributed by atoms with Crippen LogP contribution >= 0.6 is 0 Å². The maximum atomic E-state index is 12.1. The normalized spacial score (nSPS) is 22.4. The average Bonchev–Trinajstić information content (AvgIpc) is 2.61. The second-order valence-electron chi connectivity index (χ2n) is 6.43. The fourth-order valence-electron chi connectivity index (χ4n) is 3.15. The highest BCUT2D eigenvalue weighted by molar-refractivity contribution is 5.91. The molecular formula is C18H27N3O3. The number of hydrogen-bond donors (Lipinski definition) is 1. The van der Waals surface area contributed by atoms with E-state index in [1.165, 1.54) is 5.69 Å². The van der Waals surface area contributed by atoms with Crippen molar-refractivity contribution in [2.24, 2.45) is 0 Å². The lowest BCUT2D eigenvalue weighted by Gasteiger charge is -2.30. The Hall–Kier alpha value is -1.63. The molecule has 0 bridgehead atoms. The van der Waals surface area contributed by atoms with Gasteiger partial charge in [0, 0.05) is 50.5 Å². The van der Waals surface area contributed by atoms with E-state index in [2.05, 4.69) is 34.2 Å². The van der Waals surface area contributed by atoms with Crippen LogP contribution in [0.15, 0.2) is 24.3 Å². The topological polar surface area (TPSA) is 54.0 Å². The summed E-state index contributed by atoms with van der Waals surface area (Å²) < 4.78 is 10.9. The monoisotopic (exact) mass is 333 g/mol. The largest absolute Gasteiger partial charge is 0.378 e. The fourth-order valence-corrected chi connectivity index (χ4v) is 3.15. The summed E-state index contributed by atoms with van der Waals surface area (Å²) in [4.78, 5) is 16.7. The van der Waals surface area contributed by atoms with Gasteiger partial charge in [-0.15, -0.1) is 0 Å². The van der Waals surface area contributed by atoms with Crippen molar-refractivity contribution < 1.29 is 14.3 Å². The molecule has 0 aromatic heterocycles. The summed E-state index contributed by atoms with van der Waals surface area (Å²) in [5, 5.41) is 2.98. The van der Waals surface area contributed by atoms with Crippen LogP contribution < -0.4 is 10.2 Å². The molecule has 0 spiro atoms. The first-order valence-electron chi connectivity index (χ1n) is 8.77. The molecule has 2 heterocycles. The average molecular weight is 333 g/mol. The van der Waals surface area contributed by atoms with Gasteiger partial charge in [-0.3, -0.25) is 9.69 Å². The second kappa shape index (κ2) is 8.46. The van der Waals surface area contributed by atoms with Gasteiger partial charge in [0.2, 0.25) is 5.91 Å². The highest BCUT2D eigenvalue weighted by atomic mass is 16.5. The van der Waals surface area contributed by atoms with Crippen LogP contribution in [-0.4, -0.2) is 69.5 Å². The van der Waals surface area contributed by atoms with Crippen molar-refractivity contribution in [3.63, 3.8) is 0 Å². The Kier molecular flexibility index (Phi) is 6.07. The van der Waals surface area contributed by atoms with E-state index >= 15 is 0 Å². The molecule has 1 amide bonds. The predicted molar refractivity (Wildman–Crippen MR) is 94.6 cm³/mol. The summed E-state index contributed by atoms with van der Waals surface area (Å²) >= 11 is 0. The first kappa shape index (κ1) is 17.2. The number of morpholine rings is 2. The molecule has 2 aliphatic rings. The van der Waals surface area contributed by atoms with Gasteiger partial charge in [0.05, 0.1) is 25.9 Å². The molecule has 2 saturated heterocycles. The van der Waals surface area contributed by atoms with Crippen molar-refractivity contribution in [3.05, 3.63) is 24.3 Å². The molecule has 3 rings (SSSR count). The van der Waals surface area contributed by atoms with Crippen LogP contribution in [0.1, 0.15) is 13.3 Å². The number of rotatable bonds is 5. The molecular weight excluding hydrogens is 306 g/mol. The lowest BCUT2D eigenvalue weighted by molar-refractivity contribution is -0.117. The van der Waals surface area contributed by atoms with E-state index in [1.54, 1.807) is 0 Å². The third-order valence-corrected chi connectivity index (χ3v) is 4.51. The third-order valence-electron chi connectivity index (χ3n) is 4.51. The summed E-state index contributed by atoms with van der Waals surface area (Å²) in [6.07, 6.45) is 0.771. The number of carbonyl (C=O) groups excluding carboxylic acids is 1. The van der Waals surface area contributed by atoms with Gasteiger partial charge in [0.1, 0.15) is 0 Å². The number of amides is 1. The summed E-state index contributed by atoms with van der Waals surface area (Å²) in [6, 6.07) is 8.06. The molecule has 0 radical (unpaired) electrons. The van der Waals surface area contributed by atoms with Gasteiger partial charge in [-0.05, 0) is 31.2 Å². The zero-order chi connectivity index (χ0) is 16.8. The fraction of sp³-hybridized carbons (Fsp3) is 0.611. The lowest BCUT2D eigenvalue weighted by atomic mass is 10.2. The minimum absolute atomic E-state index is 0.0632. The van der Waals surface area contributed by atoms with Crippen LogP contribution in [0, 0.1) is 0 Å². The van der Waals surface area contributed by atoms with Crippen molar-refractivity contribution in [3.8, 4) is 0 Å². The Bertz CT molecular complexity index is 529. The number of anilines is 2. The molecule has 2 fully saturated rings. The molecule has 1 atom stereocenters. The summed E-state index contributed by atoms with van der Waals surface area (Å²) in [5.74, 6) is 0.0632. The number of nitrogens with one attached hydrogen (secondary N) is 1. The Balaban J connectivity index is 1.44. The first-order valence-corrected chi connectivity index (χ1v) is 8.77. The van der Waals surface area contributed by atoms with Gasteiger partial charge < -0.3 is 19.7 Å². The smallest absolute Gasteiger partial charge is 0.225 e. The Morgan fingerprint density at radius 1 is 1.17 bits per heavy atom. The number of ether oxygens (including phenoxy) is 2. The molecule has 0 aliphatic carbocycles. The number of benzene rings is 1. The number of nitrogens with zero attached hydrogens (tertiary/aromatic N) is 2. The Morgan fingerprint density at radius 2 is 1.92 bits per heavy atom. The van der Waals surface area contributed by atoms with Crippen molar-refractivity contribution >= 4 is 17.3 Å². The summed E-state index contributed by atoms with van der Waals surface area (Å²) in [6.45, 7) is 8.82. The van der Waals surface area contributed by atoms with Crippen LogP contribution in [0.2, 0.25) is 0 Å². The molecule has 1 aromatic rings. The first-order chi connectivity index (χ1) is 11.7. The zero-order valence-corrected chi connectivity index (χ0v) is 14.4. The SMILES string of the molecule is CC1CN(CCC(=O)Nc2ccc(N3CCOCC3)cc2)CCO1. The van der Waals surface area contributed by atoms with Crippen molar-refractivity contribution in [1.29, 1.82) is 0 Å². The Labute approximate surface area is 143 Å². The van der Waals surface area contributed by atoms with Crippen LogP contribution in [0.5, 0.6) is 0 Å². The highest BCUT2D eigenvalue weighted by Crippen LogP contribution is 2.19. The van der Waals surface area contributed by atoms with E-state index in [1.807, 2.05) is 12.1 Å². The van der Waals surface area contributed by atoms with E-state index in [0.717, 1.165) is 58.2 Å². The van der Waals surface area contributed by atoms with E-state index in [9.17, 15) is 4.79 Å². The number of hydrogen-bond acceptors (Lipinski definition) is 5. The minimum atomic E-state index is 0.0632.